The highest BCUT2D eigenvalue weighted by Crippen LogP contribution is 2.26. The molecule has 1 fully saturated rings. The van der Waals surface area contributed by atoms with Crippen molar-refractivity contribution >= 4 is 27.7 Å². The number of amides is 2. The number of carbonyl (C=O) groups excluding carboxylic acids is 2. The number of primary amides is 1. The Morgan fingerprint density at radius 2 is 2.15 bits per heavy atom. The van der Waals surface area contributed by atoms with Crippen LogP contribution in [0.1, 0.15) is 28.8 Å². The number of halogens is 1. The van der Waals surface area contributed by atoms with E-state index in [2.05, 4.69) is 15.9 Å². The summed E-state index contributed by atoms with van der Waals surface area (Å²) in [5.74, 6) is -0.988. The number of rotatable bonds is 2. The minimum atomic E-state index is -1.62. The van der Waals surface area contributed by atoms with Gasteiger partial charge in [-0.25, -0.2) is 0 Å². The molecule has 20 heavy (non-hydrogen) atoms. The highest BCUT2D eigenvalue weighted by Gasteiger charge is 2.40. The molecular weight excluding hydrogens is 324 g/mol. The third-order valence-corrected chi connectivity index (χ3v) is 4.69. The number of aliphatic hydroxyl groups is 1. The molecule has 5 nitrogen and oxygen atoms in total. The molecule has 108 valence electrons. The SMILES string of the molecule is Cc1cccc(C(=O)N2CCCC(O)(C(N)=O)C2)c1Br. The van der Waals surface area contributed by atoms with Crippen molar-refractivity contribution in [1.29, 1.82) is 0 Å². The fourth-order valence-corrected chi connectivity index (χ4v) is 2.83. The Balaban J connectivity index is 2.25. The zero-order valence-electron chi connectivity index (χ0n) is 11.2. The third-order valence-electron chi connectivity index (χ3n) is 3.64. The van der Waals surface area contributed by atoms with E-state index in [-0.39, 0.29) is 12.5 Å². The maximum absolute atomic E-state index is 12.5. The van der Waals surface area contributed by atoms with E-state index in [1.54, 1.807) is 12.1 Å². The van der Waals surface area contributed by atoms with E-state index in [9.17, 15) is 14.7 Å². The Kier molecular flexibility index (Phi) is 4.15. The van der Waals surface area contributed by atoms with Gasteiger partial charge < -0.3 is 15.7 Å². The smallest absolute Gasteiger partial charge is 0.255 e. The van der Waals surface area contributed by atoms with Crippen molar-refractivity contribution in [3.05, 3.63) is 33.8 Å². The van der Waals surface area contributed by atoms with Gasteiger partial charge in [-0.3, -0.25) is 9.59 Å². The zero-order chi connectivity index (χ0) is 14.9. The first-order valence-corrected chi connectivity index (χ1v) is 7.21. The van der Waals surface area contributed by atoms with Crippen LogP contribution in [0, 0.1) is 6.92 Å². The fourth-order valence-electron chi connectivity index (χ4n) is 2.39. The van der Waals surface area contributed by atoms with Crippen LogP contribution < -0.4 is 5.73 Å². The summed E-state index contributed by atoms with van der Waals surface area (Å²) in [7, 11) is 0. The summed E-state index contributed by atoms with van der Waals surface area (Å²) < 4.78 is 0.734. The predicted molar refractivity (Wildman–Crippen MR) is 78.2 cm³/mol. The highest BCUT2D eigenvalue weighted by molar-refractivity contribution is 9.10. The second-order valence-corrected chi connectivity index (χ2v) is 5.96. The summed E-state index contributed by atoms with van der Waals surface area (Å²) >= 11 is 3.40. The molecular formula is C14H17BrN2O3. The van der Waals surface area contributed by atoms with Crippen LogP contribution in [0.4, 0.5) is 0 Å². The minimum Gasteiger partial charge on any atom is -0.378 e. The van der Waals surface area contributed by atoms with E-state index >= 15 is 0 Å². The summed E-state index contributed by atoms with van der Waals surface area (Å²) in [5.41, 5.74) is 5.08. The number of aryl methyl sites for hydroxylation is 1. The molecule has 1 heterocycles. The normalized spacial score (nSPS) is 22.6. The van der Waals surface area contributed by atoms with Crippen molar-refractivity contribution in [2.24, 2.45) is 5.73 Å². The average Bonchev–Trinajstić information content (AvgIpc) is 2.41. The quantitative estimate of drug-likeness (QED) is 0.848. The number of nitrogens with zero attached hydrogens (tertiary/aromatic N) is 1. The lowest BCUT2D eigenvalue weighted by Gasteiger charge is -2.37. The van der Waals surface area contributed by atoms with Gasteiger partial charge in [0.1, 0.15) is 0 Å². The number of carbonyl (C=O) groups is 2. The van der Waals surface area contributed by atoms with Crippen molar-refractivity contribution in [3.8, 4) is 0 Å². The standard InChI is InChI=1S/C14H17BrN2O3/c1-9-4-2-5-10(11(9)15)12(18)17-7-3-6-14(20,8-17)13(16)19/h2,4-5,20H,3,6-8H2,1H3,(H2,16,19). The van der Waals surface area contributed by atoms with E-state index < -0.39 is 11.5 Å². The Labute approximate surface area is 125 Å². The summed E-state index contributed by atoms with van der Waals surface area (Å²) in [5, 5.41) is 10.2. The maximum atomic E-state index is 12.5. The van der Waals surface area contributed by atoms with Gasteiger partial charge in [0.25, 0.3) is 11.8 Å². The van der Waals surface area contributed by atoms with Gasteiger partial charge in [0, 0.05) is 11.0 Å². The first-order valence-electron chi connectivity index (χ1n) is 6.42. The molecule has 1 aromatic carbocycles. The molecule has 0 bridgehead atoms. The number of likely N-dealkylation sites (tertiary alicyclic amines) is 1. The second kappa shape index (κ2) is 5.54. The van der Waals surface area contributed by atoms with Crippen molar-refractivity contribution in [2.75, 3.05) is 13.1 Å². The molecule has 1 atom stereocenters. The van der Waals surface area contributed by atoms with Crippen LogP contribution in [0.5, 0.6) is 0 Å². The summed E-state index contributed by atoms with van der Waals surface area (Å²) in [6, 6.07) is 5.42. The lowest BCUT2D eigenvalue weighted by molar-refractivity contribution is -0.140. The largest absolute Gasteiger partial charge is 0.378 e. The maximum Gasteiger partial charge on any atom is 0.255 e. The van der Waals surface area contributed by atoms with Crippen molar-refractivity contribution in [1.82, 2.24) is 4.90 Å². The molecule has 3 N–H and O–H groups in total. The molecule has 1 unspecified atom stereocenters. The molecule has 6 heteroatoms. The van der Waals surface area contributed by atoms with E-state index in [0.717, 1.165) is 10.0 Å². The van der Waals surface area contributed by atoms with Crippen LogP contribution in [0.2, 0.25) is 0 Å². The van der Waals surface area contributed by atoms with Gasteiger partial charge in [0.15, 0.2) is 5.60 Å². The number of hydrogen-bond acceptors (Lipinski definition) is 3. The van der Waals surface area contributed by atoms with Crippen LogP contribution in [0.25, 0.3) is 0 Å². The molecule has 0 aliphatic carbocycles. The molecule has 0 aromatic heterocycles. The second-order valence-electron chi connectivity index (χ2n) is 5.16. The highest BCUT2D eigenvalue weighted by atomic mass is 79.9. The first kappa shape index (κ1) is 15.0. The third kappa shape index (κ3) is 2.71. The Morgan fingerprint density at radius 3 is 2.80 bits per heavy atom. The summed E-state index contributed by atoms with van der Waals surface area (Å²) in [4.78, 5) is 25.3. The van der Waals surface area contributed by atoms with Gasteiger partial charge in [-0.2, -0.15) is 0 Å². The average molecular weight is 341 g/mol. The van der Waals surface area contributed by atoms with E-state index in [1.165, 1.54) is 4.90 Å². The molecule has 0 spiro atoms. The van der Waals surface area contributed by atoms with Gasteiger partial charge >= 0.3 is 0 Å². The van der Waals surface area contributed by atoms with Crippen LogP contribution in [-0.2, 0) is 4.79 Å². The van der Waals surface area contributed by atoms with Crippen molar-refractivity contribution in [2.45, 2.75) is 25.4 Å². The van der Waals surface area contributed by atoms with Crippen LogP contribution in [0.3, 0.4) is 0 Å². The molecule has 2 amide bonds. The van der Waals surface area contributed by atoms with Gasteiger partial charge in [0.05, 0.1) is 12.1 Å². The Bertz CT molecular complexity index is 561. The Hall–Kier alpha value is -1.40. The number of nitrogens with two attached hydrogens (primary N) is 1. The predicted octanol–water partition coefficient (Wildman–Crippen LogP) is 1.21. The summed E-state index contributed by atoms with van der Waals surface area (Å²) in [6.07, 6.45) is 0.843. The van der Waals surface area contributed by atoms with Crippen molar-refractivity contribution in [3.63, 3.8) is 0 Å². The van der Waals surface area contributed by atoms with Crippen LogP contribution in [-0.4, -0.2) is 40.5 Å². The van der Waals surface area contributed by atoms with Gasteiger partial charge in [-0.05, 0) is 47.3 Å². The van der Waals surface area contributed by atoms with Crippen LogP contribution in [0.15, 0.2) is 22.7 Å². The van der Waals surface area contributed by atoms with E-state index in [0.29, 0.717) is 24.9 Å². The van der Waals surface area contributed by atoms with Gasteiger partial charge in [0.2, 0.25) is 0 Å². The molecule has 1 aliphatic heterocycles. The fraction of sp³-hybridized carbons (Fsp3) is 0.429. The molecule has 2 rings (SSSR count). The molecule has 1 saturated heterocycles. The zero-order valence-corrected chi connectivity index (χ0v) is 12.8. The van der Waals surface area contributed by atoms with Gasteiger partial charge in [-0.1, -0.05) is 12.1 Å². The first-order chi connectivity index (χ1) is 9.35. The minimum absolute atomic E-state index is 0.0540. The lowest BCUT2D eigenvalue weighted by Crippen LogP contribution is -2.57. The van der Waals surface area contributed by atoms with E-state index in [4.69, 9.17) is 5.73 Å². The van der Waals surface area contributed by atoms with Gasteiger partial charge in [-0.15, -0.1) is 0 Å². The molecule has 0 radical (unpaired) electrons. The number of piperidine rings is 1. The van der Waals surface area contributed by atoms with Crippen LogP contribution >= 0.6 is 15.9 Å². The molecule has 1 aliphatic rings. The number of benzene rings is 1. The molecule has 0 saturated carbocycles. The van der Waals surface area contributed by atoms with E-state index in [1.807, 2.05) is 13.0 Å². The monoisotopic (exact) mass is 340 g/mol. The Morgan fingerprint density at radius 1 is 1.45 bits per heavy atom. The lowest BCUT2D eigenvalue weighted by atomic mass is 9.91. The summed E-state index contributed by atoms with van der Waals surface area (Å²) in [6.45, 7) is 2.35. The topological polar surface area (TPSA) is 83.6 Å². The number of β-amino-alcohol motifs (C(OH)–C–C–N with tert-alkyl or cyclic N) is 1. The molecule has 1 aromatic rings. The number of hydrogen-bond donors (Lipinski definition) is 2. The van der Waals surface area contributed by atoms with Crippen molar-refractivity contribution < 1.29 is 14.7 Å².